The number of nitro groups is 1. The topological polar surface area (TPSA) is 81.2 Å². The Bertz CT molecular complexity index is 614. The van der Waals surface area contributed by atoms with Gasteiger partial charge in [0.05, 0.1) is 16.2 Å². The number of rotatable bonds is 4. The SMILES string of the molecule is CC(C)(C)NCc1cc(-c2ccccc2[N+](=O)[O-])on1. The van der Waals surface area contributed by atoms with Crippen molar-refractivity contribution in [2.45, 2.75) is 32.9 Å². The molecule has 20 heavy (non-hydrogen) atoms. The van der Waals surface area contributed by atoms with Gasteiger partial charge in [-0.2, -0.15) is 0 Å². The van der Waals surface area contributed by atoms with Crippen molar-refractivity contribution in [3.05, 3.63) is 46.1 Å². The molecule has 1 N–H and O–H groups in total. The summed E-state index contributed by atoms with van der Waals surface area (Å²) in [5.41, 5.74) is 1.14. The maximum absolute atomic E-state index is 11.0. The molecule has 0 spiro atoms. The lowest BCUT2D eigenvalue weighted by Gasteiger charge is -2.19. The molecule has 0 saturated heterocycles. The van der Waals surface area contributed by atoms with Gasteiger partial charge in [-0.05, 0) is 26.8 Å². The van der Waals surface area contributed by atoms with Gasteiger partial charge in [0.1, 0.15) is 0 Å². The van der Waals surface area contributed by atoms with Crippen LogP contribution in [0.1, 0.15) is 26.5 Å². The molecule has 0 bridgehead atoms. The number of nitro benzene ring substituents is 1. The van der Waals surface area contributed by atoms with Gasteiger partial charge in [-0.1, -0.05) is 17.3 Å². The molecule has 6 heteroatoms. The zero-order chi connectivity index (χ0) is 14.8. The molecule has 0 amide bonds. The summed E-state index contributed by atoms with van der Waals surface area (Å²) in [5.74, 6) is 0.406. The van der Waals surface area contributed by atoms with Gasteiger partial charge in [-0.25, -0.2) is 0 Å². The molecule has 1 aromatic heterocycles. The molecular formula is C14H17N3O3. The highest BCUT2D eigenvalue weighted by Gasteiger charge is 2.18. The zero-order valence-corrected chi connectivity index (χ0v) is 11.7. The zero-order valence-electron chi connectivity index (χ0n) is 11.7. The number of hydrogen-bond donors (Lipinski definition) is 1. The summed E-state index contributed by atoms with van der Waals surface area (Å²) in [6.45, 7) is 6.70. The molecule has 0 unspecified atom stereocenters. The van der Waals surface area contributed by atoms with Crippen molar-refractivity contribution in [1.29, 1.82) is 0 Å². The van der Waals surface area contributed by atoms with E-state index >= 15 is 0 Å². The van der Waals surface area contributed by atoms with Gasteiger partial charge < -0.3 is 9.84 Å². The Morgan fingerprint density at radius 3 is 2.70 bits per heavy atom. The summed E-state index contributed by atoms with van der Waals surface area (Å²) in [5, 5.41) is 18.2. The van der Waals surface area contributed by atoms with Crippen molar-refractivity contribution in [1.82, 2.24) is 10.5 Å². The van der Waals surface area contributed by atoms with E-state index in [2.05, 4.69) is 31.2 Å². The molecule has 2 aromatic rings. The van der Waals surface area contributed by atoms with Gasteiger partial charge in [-0.3, -0.25) is 10.1 Å². The van der Waals surface area contributed by atoms with Crippen LogP contribution in [0.25, 0.3) is 11.3 Å². The maximum atomic E-state index is 11.0. The van der Waals surface area contributed by atoms with Crippen LogP contribution in [0.3, 0.4) is 0 Å². The van der Waals surface area contributed by atoms with E-state index in [1.807, 2.05) is 0 Å². The largest absolute Gasteiger partial charge is 0.356 e. The van der Waals surface area contributed by atoms with Crippen LogP contribution in [0.15, 0.2) is 34.9 Å². The van der Waals surface area contributed by atoms with E-state index in [9.17, 15) is 10.1 Å². The first kappa shape index (κ1) is 14.2. The van der Waals surface area contributed by atoms with E-state index in [1.54, 1.807) is 24.3 Å². The van der Waals surface area contributed by atoms with Crippen LogP contribution in [0.5, 0.6) is 0 Å². The third kappa shape index (κ3) is 3.42. The monoisotopic (exact) mass is 275 g/mol. The number of nitrogens with one attached hydrogen (secondary N) is 1. The first-order chi connectivity index (χ1) is 9.37. The number of para-hydroxylation sites is 1. The standard InChI is InChI=1S/C14H17N3O3/c1-14(2,3)15-9-10-8-13(20-16-10)11-6-4-5-7-12(11)17(18)19/h4-8,15H,9H2,1-3H3. The summed E-state index contributed by atoms with van der Waals surface area (Å²) in [7, 11) is 0. The second kappa shape index (κ2) is 5.42. The van der Waals surface area contributed by atoms with E-state index in [1.165, 1.54) is 6.07 Å². The third-order valence-electron chi connectivity index (χ3n) is 2.72. The van der Waals surface area contributed by atoms with Crippen LogP contribution >= 0.6 is 0 Å². The molecule has 0 aliphatic carbocycles. The molecule has 106 valence electrons. The van der Waals surface area contributed by atoms with Crippen molar-refractivity contribution in [3.63, 3.8) is 0 Å². The van der Waals surface area contributed by atoms with Crippen LogP contribution in [-0.4, -0.2) is 15.6 Å². The number of aromatic nitrogens is 1. The van der Waals surface area contributed by atoms with Crippen molar-refractivity contribution in [2.75, 3.05) is 0 Å². The van der Waals surface area contributed by atoms with Gasteiger partial charge in [0.2, 0.25) is 0 Å². The summed E-state index contributed by atoms with van der Waals surface area (Å²) < 4.78 is 5.21. The molecule has 1 aromatic carbocycles. The average molecular weight is 275 g/mol. The highest BCUT2D eigenvalue weighted by molar-refractivity contribution is 5.69. The maximum Gasteiger partial charge on any atom is 0.280 e. The molecule has 1 heterocycles. The number of nitrogens with zero attached hydrogens (tertiary/aromatic N) is 2. The number of hydrogen-bond acceptors (Lipinski definition) is 5. The van der Waals surface area contributed by atoms with Crippen LogP contribution < -0.4 is 5.32 Å². The molecule has 0 fully saturated rings. The highest BCUT2D eigenvalue weighted by Crippen LogP contribution is 2.29. The van der Waals surface area contributed by atoms with Gasteiger partial charge in [0, 0.05) is 24.2 Å². The number of benzene rings is 1. The smallest absolute Gasteiger partial charge is 0.280 e. The van der Waals surface area contributed by atoms with E-state index in [4.69, 9.17) is 4.52 Å². The quantitative estimate of drug-likeness (QED) is 0.684. The minimum atomic E-state index is -0.426. The Labute approximate surface area is 116 Å². The minimum absolute atomic E-state index is 0.0129. The molecule has 0 atom stereocenters. The van der Waals surface area contributed by atoms with E-state index < -0.39 is 4.92 Å². The van der Waals surface area contributed by atoms with Gasteiger partial charge in [-0.15, -0.1) is 0 Å². The average Bonchev–Trinajstić information content (AvgIpc) is 2.84. The molecular weight excluding hydrogens is 258 g/mol. The first-order valence-electron chi connectivity index (χ1n) is 6.31. The Balaban J connectivity index is 2.23. The third-order valence-corrected chi connectivity index (χ3v) is 2.72. The molecule has 0 aliphatic heterocycles. The Hall–Kier alpha value is -2.21. The van der Waals surface area contributed by atoms with Crippen molar-refractivity contribution in [3.8, 4) is 11.3 Å². The van der Waals surface area contributed by atoms with Gasteiger partial charge >= 0.3 is 0 Å². The molecule has 0 saturated carbocycles. The van der Waals surface area contributed by atoms with Crippen LogP contribution in [0, 0.1) is 10.1 Å². The van der Waals surface area contributed by atoms with Crippen molar-refractivity contribution in [2.24, 2.45) is 0 Å². The highest BCUT2D eigenvalue weighted by atomic mass is 16.6. The van der Waals surface area contributed by atoms with Crippen LogP contribution in [0.2, 0.25) is 0 Å². The van der Waals surface area contributed by atoms with Gasteiger partial charge in [0.25, 0.3) is 5.69 Å². The second-order valence-corrected chi connectivity index (χ2v) is 5.56. The Morgan fingerprint density at radius 1 is 1.35 bits per heavy atom. The predicted octanol–water partition coefficient (Wildman–Crippen LogP) is 3.14. The second-order valence-electron chi connectivity index (χ2n) is 5.56. The lowest BCUT2D eigenvalue weighted by atomic mass is 10.1. The van der Waals surface area contributed by atoms with Crippen molar-refractivity contribution < 1.29 is 9.45 Å². The summed E-state index contributed by atoms with van der Waals surface area (Å²) in [6, 6.07) is 8.18. The first-order valence-corrected chi connectivity index (χ1v) is 6.31. The van der Waals surface area contributed by atoms with Gasteiger partial charge in [0.15, 0.2) is 5.76 Å². The Kier molecular flexibility index (Phi) is 3.85. The Morgan fingerprint density at radius 2 is 2.05 bits per heavy atom. The molecule has 2 rings (SSSR count). The lowest BCUT2D eigenvalue weighted by Crippen LogP contribution is -2.35. The fraction of sp³-hybridized carbons (Fsp3) is 0.357. The molecule has 0 radical (unpaired) electrons. The fourth-order valence-electron chi connectivity index (χ4n) is 1.72. The predicted molar refractivity (Wildman–Crippen MR) is 75.2 cm³/mol. The molecule has 0 aliphatic rings. The van der Waals surface area contributed by atoms with E-state index in [0.29, 0.717) is 23.6 Å². The fourth-order valence-corrected chi connectivity index (χ4v) is 1.72. The normalized spacial score (nSPS) is 11.6. The summed E-state index contributed by atoms with van der Waals surface area (Å²) in [4.78, 5) is 10.6. The summed E-state index contributed by atoms with van der Waals surface area (Å²) in [6.07, 6.45) is 0. The van der Waals surface area contributed by atoms with Crippen molar-refractivity contribution >= 4 is 5.69 Å². The molecule has 6 nitrogen and oxygen atoms in total. The van der Waals surface area contributed by atoms with Crippen LogP contribution in [-0.2, 0) is 6.54 Å². The van der Waals surface area contributed by atoms with E-state index in [0.717, 1.165) is 0 Å². The summed E-state index contributed by atoms with van der Waals surface area (Å²) >= 11 is 0. The van der Waals surface area contributed by atoms with Crippen LogP contribution in [0.4, 0.5) is 5.69 Å². The van der Waals surface area contributed by atoms with E-state index in [-0.39, 0.29) is 11.2 Å². The lowest BCUT2D eigenvalue weighted by molar-refractivity contribution is -0.384. The minimum Gasteiger partial charge on any atom is -0.356 e.